The van der Waals surface area contributed by atoms with Crippen LogP contribution < -0.4 is 5.32 Å². The van der Waals surface area contributed by atoms with Gasteiger partial charge in [0.25, 0.3) is 0 Å². The maximum atomic E-state index is 9.28. The number of hydrogen-bond donors (Lipinski definition) is 1. The number of nitrogens with zero attached hydrogens (tertiary/aromatic N) is 5. The van der Waals surface area contributed by atoms with Gasteiger partial charge in [-0.3, -0.25) is 5.32 Å². The van der Waals surface area contributed by atoms with Crippen LogP contribution in [0.4, 0.5) is 0 Å². The van der Waals surface area contributed by atoms with E-state index < -0.39 is 5.54 Å². The van der Waals surface area contributed by atoms with E-state index in [0.717, 1.165) is 19.3 Å². The minimum absolute atomic E-state index is 0.159. The van der Waals surface area contributed by atoms with Crippen LogP contribution in [-0.2, 0) is 6.54 Å². The van der Waals surface area contributed by atoms with Gasteiger partial charge >= 0.3 is 0 Å². The third kappa shape index (κ3) is 3.15. The molecular weight excluding hydrogens is 252 g/mol. The summed E-state index contributed by atoms with van der Waals surface area (Å²) in [6.45, 7) is 2.49. The Balaban J connectivity index is 1.92. The Morgan fingerprint density at radius 3 is 2.70 bits per heavy atom. The Bertz CT molecular complexity index is 607. The SMILES string of the molecule is CC(C#N)(CCCn1cnc(C#N)c1C#N)NC1CC1. The van der Waals surface area contributed by atoms with Crippen molar-refractivity contribution in [1.29, 1.82) is 15.8 Å². The molecule has 2 rings (SSSR count). The summed E-state index contributed by atoms with van der Waals surface area (Å²) in [4.78, 5) is 3.90. The Morgan fingerprint density at radius 1 is 1.40 bits per heavy atom. The molecule has 6 heteroatoms. The molecule has 1 fully saturated rings. The Labute approximate surface area is 118 Å². The van der Waals surface area contributed by atoms with Gasteiger partial charge < -0.3 is 4.57 Å². The molecule has 20 heavy (non-hydrogen) atoms. The average molecular weight is 268 g/mol. The molecule has 1 aromatic rings. The molecule has 1 aromatic heterocycles. The highest BCUT2D eigenvalue weighted by atomic mass is 15.1. The van der Waals surface area contributed by atoms with Crippen LogP contribution in [0, 0.1) is 34.0 Å². The fourth-order valence-corrected chi connectivity index (χ4v) is 2.19. The molecule has 0 amide bonds. The summed E-state index contributed by atoms with van der Waals surface area (Å²) in [7, 11) is 0. The molecule has 0 aromatic carbocycles. The van der Waals surface area contributed by atoms with E-state index in [-0.39, 0.29) is 5.69 Å². The van der Waals surface area contributed by atoms with E-state index >= 15 is 0 Å². The van der Waals surface area contributed by atoms with E-state index in [2.05, 4.69) is 16.4 Å². The van der Waals surface area contributed by atoms with Crippen LogP contribution in [0.3, 0.4) is 0 Å². The second kappa shape index (κ2) is 5.74. The number of aryl methyl sites for hydroxylation is 1. The third-order valence-corrected chi connectivity index (χ3v) is 3.47. The molecule has 0 saturated heterocycles. The lowest BCUT2D eigenvalue weighted by molar-refractivity contribution is 0.391. The van der Waals surface area contributed by atoms with E-state index in [9.17, 15) is 5.26 Å². The third-order valence-electron chi connectivity index (χ3n) is 3.47. The van der Waals surface area contributed by atoms with Crippen LogP contribution in [0.2, 0.25) is 0 Å². The Kier molecular flexibility index (Phi) is 4.03. The van der Waals surface area contributed by atoms with Crippen molar-refractivity contribution in [2.24, 2.45) is 0 Å². The largest absolute Gasteiger partial charge is 0.321 e. The van der Waals surface area contributed by atoms with Crippen LogP contribution in [0.25, 0.3) is 0 Å². The molecule has 1 saturated carbocycles. The Morgan fingerprint density at radius 2 is 2.15 bits per heavy atom. The zero-order valence-corrected chi connectivity index (χ0v) is 11.4. The minimum atomic E-state index is -0.521. The van der Waals surface area contributed by atoms with Crippen molar-refractivity contribution in [3.63, 3.8) is 0 Å². The topological polar surface area (TPSA) is 101 Å². The molecule has 1 aliphatic rings. The summed E-state index contributed by atoms with van der Waals surface area (Å²) in [5, 5.41) is 30.5. The molecule has 6 nitrogen and oxygen atoms in total. The maximum absolute atomic E-state index is 9.28. The highest BCUT2D eigenvalue weighted by Gasteiger charge is 2.32. The van der Waals surface area contributed by atoms with Gasteiger partial charge in [-0.1, -0.05) is 0 Å². The van der Waals surface area contributed by atoms with Crippen LogP contribution in [0.15, 0.2) is 6.33 Å². The van der Waals surface area contributed by atoms with Crippen LogP contribution in [0.1, 0.15) is 44.0 Å². The monoisotopic (exact) mass is 268 g/mol. The number of aromatic nitrogens is 2. The molecule has 1 heterocycles. The van der Waals surface area contributed by atoms with Crippen molar-refractivity contribution < 1.29 is 0 Å². The first-order valence-corrected chi connectivity index (χ1v) is 6.66. The molecule has 1 N–H and O–H groups in total. The predicted octanol–water partition coefficient (Wildman–Crippen LogP) is 1.44. The molecule has 1 unspecified atom stereocenters. The number of nitriles is 3. The summed E-state index contributed by atoms with van der Waals surface area (Å²) in [6, 6.07) is 6.70. The first-order chi connectivity index (χ1) is 9.61. The molecule has 0 bridgehead atoms. The van der Waals surface area contributed by atoms with Crippen molar-refractivity contribution in [1.82, 2.24) is 14.9 Å². The standard InChI is InChI=1S/C14H16N6/c1-14(9-17,19-11-3-4-11)5-2-6-20-10-18-12(7-15)13(20)8-16/h10-11,19H,2-6H2,1H3. The molecule has 102 valence electrons. The smallest absolute Gasteiger partial charge is 0.176 e. The van der Waals surface area contributed by atoms with Crippen molar-refractivity contribution in [2.75, 3.05) is 0 Å². The van der Waals surface area contributed by atoms with E-state index in [1.165, 1.54) is 6.33 Å². The normalized spacial score (nSPS) is 16.7. The highest BCUT2D eigenvalue weighted by molar-refractivity contribution is 5.35. The quantitative estimate of drug-likeness (QED) is 0.841. The lowest BCUT2D eigenvalue weighted by atomic mass is 9.97. The van der Waals surface area contributed by atoms with Gasteiger partial charge in [-0.15, -0.1) is 0 Å². The van der Waals surface area contributed by atoms with E-state index in [1.807, 2.05) is 19.1 Å². The number of hydrogen-bond acceptors (Lipinski definition) is 5. The van der Waals surface area contributed by atoms with E-state index in [0.29, 0.717) is 24.7 Å². The number of rotatable bonds is 6. The van der Waals surface area contributed by atoms with Crippen molar-refractivity contribution in [3.05, 3.63) is 17.7 Å². The lowest BCUT2D eigenvalue weighted by Crippen LogP contribution is -2.42. The van der Waals surface area contributed by atoms with Gasteiger partial charge in [0.15, 0.2) is 11.4 Å². The zero-order chi connectivity index (χ0) is 14.6. The van der Waals surface area contributed by atoms with Crippen molar-refractivity contribution in [2.45, 2.75) is 50.7 Å². The van der Waals surface area contributed by atoms with Gasteiger partial charge in [0.05, 0.1) is 12.4 Å². The number of nitrogens with one attached hydrogen (secondary N) is 1. The molecule has 1 aliphatic carbocycles. The summed E-state index contributed by atoms with van der Waals surface area (Å²) >= 11 is 0. The van der Waals surface area contributed by atoms with E-state index in [1.54, 1.807) is 4.57 Å². The summed E-state index contributed by atoms with van der Waals surface area (Å²) < 4.78 is 1.67. The van der Waals surface area contributed by atoms with Crippen molar-refractivity contribution in [3.8, 4) is 18.2 Å². The summed E-state index contributed by atoms with van der Waals surface area (Å²) in [5.74, 6) is 0. The lowest BCUT2D eigenvalue weighted by Gasteiger charge is -2.23. The van der Waals surface area contributed by atoms with Crippen LogP contribution >= 0.6 is 0 Å². The summed E-state index contributed by atoms with van der Waals surface area (Å²) in [6.07, 6.45) is 5.24. The maximum Gasteiger partial charge on any atom is 0.176 e. The average Bonchev–Trinajstić information content (AvgIpc) is 3.16. The first-order valence-electron chi connectivity index (χ1n) is 6.66. The fraction of sp³-hybridized carbons (Fsp3) is 0.571. The van der Waals surface area contributed by atoms with Gasteiger partial charge in [0.1, 0.15) is 17.7 Å². The van der Waals surface area contributed by atoms with Crippen molar-refractivity contribution >= 4 is 0 Å². The second-order valence-electron chi connectivity index (χ2n) is 5.32. The van der Waals surface area contributed by atoms with Gasteiger partial charge in [0, 0.05) is 12.6 Å². The number of imidazole rings is 1. The van der Waals surface area contributed by atoms with E-state index in [4.69, 9.17) is 10.5 Å². The highest BCUT2D eigenvalue weighted by Crippen LogP contribution is 2.24. The zero-order valence-electron chi connectivity index (χ0n) is 11.4. The van der Waals surface area contributed by atoms with Crippen LogP contribution in [-0.4, -0.2) is 21.1 Å². The first kappa shape index (κ1) is 14.1. The molecule has 0 aliphatic heterocycles. The fourth-order valence-electron chi connectivity index (χ4n) is 2.19. The van der Waals surface area contributed by atoms with Gasteiger partial charge in [-0.2, -0.15) is 15.8 Å². The predicted molar refractivity (Wildman–Crippen MR) is 71.1 cm³/mol. The molecule has 0 spiro atoms. The molecule has 1 atom stereocenters. The second-order valence-corrected chi connectivity index (χ2v) is 5.32. The molecular formula is C14H16N6. The van der Waals surface area contributed by atoms with Gasteiger partial charge in [-0.25, -0.2) is 4.98 Å². The van der Waals surface area contributed by atoms with Gasteiger partial charge in [-0.05, 0) is 32.6 Å². The van der Waals surface area contributed by atoms with Gasteiger partial charge in [0.2, 0.25) is 0 Å². The Hall–Kier alpha value is -2.36. The minimum Gasteiger partial charge on any atom is -0.321 e. The van der Waals surface area contributed by atoms with Crippen LogP contribution in [0.5, 0.6) is 0 Å². The summed E-state index contributed by atoms with van der Waals surface area (Å²) in [5.41, 5.74) is -0.0694. The molecule has 0 radical (unpaired) electrons.